The minimum atomic E-state index is -0.647. The lowest BCUT2D eigenvalue weighted by atomic mass is 10.1. The smallest absolute Gasteiger partial charge is 0.338 e. The van der Waals surface area contributed by atoms with Crippen molar-refractivity contribution in [3.63, 3.8) is 0 Å². The highest BCUT2D eigenvalue weighted by Crippen LogP contribution is 2.12. The molecule has 2 amide bonds. The lowest BCUT2D eigenvalue weighted by Gasteiger charge is -2.25. The van der Waals surface area contributed by atoms with Crippen LogP contribution in [0.25, 0.3) is 0 Å². The van der Waals surface area contributed by atoms with Crippen LogP contribution < -0.4 is 5.32 Å². The van der Waals surface area contributed by atoms with Gasteiger partial charge >= 0.3 is 17.8 Å². The molecule has 0 unspecified atom stereocenters. The highest BCUT2D eigenvalue weighted by atomic mass is 16.5. The number of nitrogens with zero attached hydrogens (tertiary/aromatic N) is 1. The van der Waals surface area contributed by atoms with Gasteiger partial charge in [-0.25, -0.2) is 4.79 Å². The van der Waals surface area contributed by atoms with Gasteiger partial charge in [0.1, 0.15) is 0 Å². The summed E-state index contributed by atoms with van der Waals surface area (Å²) in [5.41, 5.74) is 0.880. The SMILES string of the molecule is CCOC(=O)c1ccc(NC(=O)C(=O)N2CCCCC2)cc1. The predicted octanol–water partition coefficient (Wildman–Crippen LogP) is 1.81. The second kappa shape index (κ2) is 7.59. The molecular weight excluding hydrogens is 284 g/mol. The van der Waals surface area contributed by atoms with Crippen molar-refractivity contribution in [3.8, 4) is 0 Å². The molecule has 0 aromatic heterocycles. The second-order valence-corrected chi connectivity index (χ2v) is 5.10. The molecule has 2 rings (SSSR count). The number of nitrogens with one attached hydrogen (secondary N) is 1. The van der Waals surface area contributed by atoms with Gasteiger partial charge in [0.2, 0.25) is 0 Å². The number of amides is 2. The number of carbonyl (C=O) groups is 3. The summed E-state index contributed by atoms with van der Waals surface area (Å²) < 4.78 is 4.88. The molecule has 0 radical (unpaired) electrons. The number of carbonyl (C=O) groups excluding carboxylic acids is 3. The summed E-state index contributed by atoms with van der Waals surface area (Å²) in [6.07, 6.45) is 2.97. The first-order chi connectivity index (χ1) is 10.6. The molecule has 22 heavy (non-hydrogen) atoms. The molecule has 6 heteroatoms. The van der Waals surface area contributed by atoms with Gasteiger partial charge in [0.25, 0.3) is 0 Å². The molecule has 1 aromatic carbocycles. The molecule has 0 aliphatic carbocycles. The van der Waals surface area contributed by atoms with Gasteiger partial charge in [0.05, 0.1) is 12.2 Å². The van der Waals surface area contributed by atoms with Gasteiger partial charge in [-0.1, -0.05) is 0 Å². The zero-order valence-corrected chi connectivity index (χ0v) is 12.6. The largest absolute Gasteiger partial charge is 0.462 e. The predicted molar refractivity (Wildman–Crippen MR) is 81.5 cm³/mol. The molecule has 0 spiro atoms. The maximum atomic E-state index is 12.0. The number of esters is 1. The van der Waals surface area contributed by atoms with E-state index in [4.69, 9.17) is 4.74 Å². The summed E-state index contributed by atoms with van der Waals surface area (Å²) >= 11 is 0. The molecule has 1 aliphatic heterocycles. The van der Waals surface area contributed by atoms with E-state index in [-0.39, 0.29) is 0 Å². The monoisotopic (exact) mass is 304 g/mol. The molecule has 1 fully saturated rings. The first-order valence-electron chi connectivity index (χ1n) is 7.49. The van der Waals surface area contributed by atoms with E-state index >= 15 is 0 Å². The Morgan fingerprint density at radius 3 is 2.32 bits per heavy atom. The van der Waals surface area contributed by atoms with Crippen molar-refractivity contribution >= 4 is 23.5 Å². The van der Waals surface area contributed by atoms with Gasteiger partial charge < -0.3 is 15.0 Å². The van der Waals surface area contributed by atoms with Crippen molar-refractivity contribution in [1.29, 1.82) is 0 Å². The van der Waals surface area contributed by atoms with Crippen LogP contribution in [0.3, 0.4) is 0 Å². The third kappa shape index (κ3) is 4.07. The van der Waals surface area contributed by atoms with E-state index in [1.54, 1.807) is 36.1 Å². The number of ether oxygens (including phenoxy) is 1. The molecular formula is C16H20N2O4. The van der Waals surface area contributed by atoms with E-state index in [0.29, 0.717) is 30.9 Å². The number of piperidine rings is 1. The van der Waals surface area contributed by atoms with Crippen molar-refractivity contribution in [1.82, 2.24) is 4.90 Å². The summed E-state index contributed by atoms with van der Waals surface area (Å²) in [5.74, 6) is -1.57. The number of benzene rings is 1. The number of likely N-dealkylation sites (tertiary alicyclic amines) is 1. The van der Waals surface area contributed by atoms with E-state index in [2.05, 4.69) is 5.32 Å². The Morgan fingerprint density at radius 2 is 1.73 bits per heavy atom. The van der Waals surface area contributed by atoms with E-state index in [1.807, 2.05) is 0 Å². The Kier molecular flexibility index (Phi) is 5.52. The minimum absolute atomic E-state index is 0.307. The lowest BCUT2D eigenvalue weighted by Crippen LogP contribution is -2.42. The van der Waals surface area contributed by atoms with Crippen molar-refractivity contribution in [2.75, 3.05) is 25.0 Å². The van der Waals surface area contributed by atoms with Crippen molar-refractivity contribution in [3.05, 3.63) is 29.8 Å². The van der Waals surface area contributed by atoms with Crippen LogP contribution >= 0.6 is 0 Å². The summed E-state index contributed by atoms with van der Waals surface area (Å²) in [4.78, 5) is 37.0. The summed E-state index contributed by atoms with van der Waals surface area (Å²) in [7, 11) is 0. The van der Waals surface area contributed by atoms with Crippen LogP contribution in [0.1, 0.15) is 36.5 Å². The van der Waals surface area contributed by atoms with Crippen LogP contribution in [0.4, 0.5) is 5.69 Å². The fourth-order valence-electron chi connectivity index (χ4n) is 2.33. The Balaban J connectivity index is 1.93. The normalized spacial score (nSPS) is 14.3. The van der Waals surface area contributed by atoms with Gasteiger partial charge in [-0.15, -0.1) is 0 Å². The second-order valence-electron chi connectivity index (χ2n) is 5.10. The number of hydrogen-bond donors (Lipinski definition) is 1. The fourth-order valence-corrected chi connectivity index (χ4v) is 2.33. The van der Waals surface area contributed by atoms with Crippen LogP contribution in [0.15, 0.2) is 24.3 Å². The summed E-state index contributed by atoms with van der Waals surface area (Å²) in [6, 6.07) is 6.26. The minimum Gasteiger partial charge on any atom is -0.462 e. The Labute approximate surface area is 129 Å². The molecule has 1 N–H and O–H groups in total. The zero-order valence-electron chi connectivity index (χ0n) is 12.6. The van der Waals surface area contributed by atoms with Crippen molar-refractivity contribution < 1.29 is 19.1 Å². The summed E-state index contributed by atoms with van der Waals surface area (Å²) in [5, 5.41) is 2.55. The third-order valence-electron chi connectivity index (χ3n) is 3.49. The van der Waals surface area contributed by atoms with E-state index in [1.165, 1.54) is 0 Å². The summed E-state index contributed by atoms with van der Waals surface area (Å²) in [6.45, 7) is 3.31. The quantitative estimate of drug-likeness (QED) is 0.682. The van der Waals surface area contributed by atoms with Gasteiger partial charge in [-0.3, -0.25) is 9.59 Å². The molecule has 0 bridgehead atoms. The lowest BCUT2D eigenvalue weighted by molar-refractivity contribution is -0.143. The van der Waals surface area contributed by atoms with Crippen molar-refractivity contribution in [2.24, 2.45) is 0 Å². The number of anilines is 1. The molecule has 0 saturated carbocycles. The average molecular weight is 304 g/mol. The first-order valence-corrected chi connectivity index (χ1v) is 7.49. The Bertz CT molecular complexity index is 548. The topological polar surface area (TPSA) is 75.7 Å². The number of hydrogen-bond acceptors (Lipinski definition) is 4. The molecule has 0 atom stereocenters. The van der Waals surface area contributed by atoms with Crippen LogP contribution in [0, 0.1) is 0 Å². The maximum absolute atomic E-state index is 12.0. The van der Waals surface area contributed by atoms with Gasteiger partial charge in [-0.05, 0) is 50.5 Å². The van der Waals surface area contributed by atoms with Crippen LogP contribution in [0.5, 0.6) is 0 Å². The standard InChI is InChI=1S/C16H20N2O4/c1-2-22-16(21)12-6-8-13(9-7-12)17-14(19)15(20)18-10-4-3-5-11-18/h6-9H,2-5,10-11H2,1H3,(H,17,19). The maximum Gasteiger partial charge on any atom is 0.338 e. The Morgan fingerprint density at radius 1 is 1.09 bits per heavy atom. The van der Waals surface area contributed by atoms with Gasteiger partial charge in [-0.2, -0.15) is 0 Å². The highest BCUT2D eigenvalue weighted by molar-refractivity contribution is 6.39. The van der Waals surface area contributed by atoms with Gasteiger partial charge in [0, 0.05) is 18.8 Å². The van der Waals surface area contributed by atoms with Gasteiger partial charge in [0.15, 0.2) is 0 Å². The molecule has 1 aliphatic rings. The molecule has 6 nitrogen and oxygen atoms in total. The first kappa shape index (κ1) is 16.0. The molecule has 1 saturated heterocycles. The zero-order chi connectivity index (χ0) is 15.9. The molecule has 118 valence electrons. The average Bonchev–Trinajstić information content (AvgIpc) is 2.55. The molecule has 1 aromatic rings. The van der Waals surface area contributed by atoms with Crippen LogP contribution in [0.2, 0.25) is 0 Å². The van der Waals surface area contributed by atoms with Crippen LogP contribution in [-0.2, 0) is 14.3 Å². The van der Waals surface area contributed by atoms with E-state index in [9.17, 15) is 14.4 Å². The van der Waals surface area contributed by atoms with E-state index < -0.39 is 17.8 Å². The van der Waals surface area contributed by atoms with E-state index in [0.717, 1.165) is 19.3 Å². The fraction of sp³-hybridized carbons (Fsp3) is 0.438. The van der Waals surface area contributed by atoms with Crippen LogP contribution in [-0.4, -0.2) is 42.4 Å². The molecule has 1 heterocycles. The number of rotatable bonds is 3. The highest BCUT2D eigenvalue weighted by Gasteiger charge is 2.23. The Hall–Kier alpha value is -2.37. The third-order valence-corrected chi connectivity index (χ3v) is 3.49. The van der Waals surface area contributed by atoms with Crippen molar-refractivity contribution in [2.45, 2.75) is 26.2 Å².